The molecule has 0 unspecified atom stereocenters. The van der Waals surface area contributed by atoms with Gasteiger partial charge in [0.05, 0.1) is 16.3 Å². The third-order valence-corrected chi connectivity index (χ3v) is 2.79. The highest BCUT2D eigenvalue weighted by molar-refractivity contribution is 6.32. The van der Waals surface area contributed by atoms with Gasteiger partial charge in [-0.25, -0.2) is 9.48 Å². The van der Waals surface area contributed by atoms with Crippen LogP contribution in [-0.4, -0.2) is 31.0 Å². The first-order valence-corrected chi connectivity index (χ1v) is 5.39. The summed E-state index contributed by atoms with van der Waals surface area (Å²) in [6.45, 7) is 1.50. The molecule has 1 heterocycles. The number of nitrogens with zero attached hydrogens (tertiary/aromatic N) is 4. The number of carboxylic acid groups (broad SMARTS) is 1. The molecule has 0 aliphatic rings. The van der Waals surface area contributed by atoms with Gasteiger partial charge >= 0.3 is 5.97 Å². The van der Waals surface area contributed by atoms with Gasteiger partial charge in [0.2, 0.25) is 0 Å². The van der Waals surface area contributed by atoms with Crippen LogP contribution in [0.3, 0.4) is 0 Å². The average molecular weight is 283 g/mol. The lowest BCUT2D eigenvalue weighted by Crippen LogP contribution is -2.03. The van der Waals surface area contributed by atoms with Crippen LogP contribution < -0.4 is 0 Å². The van der Waals surface area contributed by atoms with Crippen LogP contribution in [0.15, 0.2) is 18.2 Å². The van der Waals surface area contributed by atoms with Crippen LogP contribution in [-0.2, 0) is 0 Å². The number of carbonyl (C=O) groups is 1. The van der Waals surface area contributed by atoms with Crippen molar-refractivity contribution in [2.24, 2.45) is 0 Å². The third kappa shape index (κ3) is 2.25. The predicted molar refractivity (Wildman–Crippen MR) is 64.7 cm³/mol. The average Bonchev–Trinajstić information content (AvgIpc) is 2.71. The summed E-state index contributed by atoms with van der Waals surface area (Å²) in [6, 6.07) is 4.04. The van der Waals surface area contributed by atoms with Crippen molar-refractivity contribution in [3.8, 4) is 5.69 Å². The first kappa shape index (κ1) is 13.0. The largest absolute Gasteiger partial charge is 0.476 e. The topological polar surface area (TPSA) is 111 Å². The molecule has 1 aromatic carbocycles. The molecular weight excluding hydrogens is 276 g/mol. The number of aromatic nitrogens is 3. The number of hydrogen-bond donors (Lipinski definition) is 1. The summed E-state index contributed by atoms with van der Waals surface area (Å²) in [5.74, 6) is -1.22. The van der Waals surface area contributed by atoms with E-state index in [2.05, 4.69) is 10.3 Å². The van der Waals surface area contributed by atoms with E-state index >= 15 is 0 Å². The summed E-state index contributed by atoms with van der Waals surface area (Å²) in [7, 11) is 0. The van der Waals surface area contributed by atoms with E-state index < -0.39 is 10.9 Å². The Morgan fingerprint density at radius 2 is 2.21 bits per heavy atom. The van der Waals surface area contributed by atoms with Gasteiger partial charge in [-0.2, -0.15) is 0 Å². The number of hydrogen-bond acceptors (Lipinski definition) is 5. The van der Waals surface area contributed by atoms with Gasteiger partial charge in [-0.15, -0.1) is 5.10 Å². The fourth-order valence-electron chi connectivity index (χ4n) is 1.54. The highest BCUT2D eigenvalue weighted by atomic mass is 35.5. The molecule has 2 rings (SSSR count). The molecular formula is C10H7ClN4O4. The molecule has 0 atom stereocenters. The maximum atomic E-state index is 10.9. The minimum absolute atomic E-state index is 0.00928. The highest BCUT2D eigenvalue weighted by Gasteiger charge is 2.19. The summed E-state index contributed by atoms with van der Waals surface area (Å²) < 4.78 is 1.20. The highest BCUT2D eigenvalue weighted by Crippen LogP contribution is 2.27. The van der Waals surface area contributed by atoms with E-state index in [1.54, 1.807) is 0 Å². The fourth-order valence-corrected chi connectivity index (χ4v) is 1.73. The van der Waals surface area contributed by atoms with E-state index in [0.717, 1.165) is 0 Å². The third-order valence-electron chi connectivity index (χ3n) is 2.47. The van der Waals surface area contributed by atoms with Crippen LogP contribution in [0.25, 0.3) is 5.69 Å². The minimum Gasteiger partial charge on any atom is -0.476 e. The van der Waals surface area contributed by atoms with E-state index in [1.165, 1.54) is 29.8 Å². The van der Waals surface area contributed by atoms with Gasteiger partial charge in [-0.1, -0.05) is 16.8 Å². The van der Waals surface area contributed by atoms with E-state index in [9.17, 15) is 14.9 Å². The van der Waals surface area contributed by atoms with E-state index in [-0.39, 0.29) is 22.1 Å². The summed E-state index contributed by atoms with van der Waals surface area (Å²) in [5, 5.41) is 26.8. The number of rotatable bonds is 3. The molecule has 2 aromatic rings. The number of nitro groups is 1. The Bertz CT molecular complexity index is 682. The second-order valence-electron chi connectivity index (χ2n) is 3.63. The Morgan fingerprint density at radius 1 is 1.53 bits per heavy atom. The van der Waals surface area contributed by atoms with Crippen LogP contribution >= 0.6 is 11.6 Å². The summed E-state index contributed by atoms with van der Waals surface area (Å²) in [4.78, 5) is 21.0. The SMILES string of the molecule is Cc1c(C(=O)O)nnn1-c1ccc(Cl)c([N+](=O)[O-])c1. The minimum atomic E-state index is -1.22. The van der Waals surface area contributed by atoms with Gasteiger partial charge in [0.25, 0.3) is 5.69 Å². The number of benzene rings is 1. The van der Waals surface area contributed by atoms with E-state index in [1.807, 2.05) is 0 Å². The lowest BCUT2D eigenvalue weighted by atomic mass is 10.2. The van der Waals surface area contributed by atoms with Gasteiger partial charge in [0.1, 0.15) is 5.02 Å². The Hall–Kier alpha value is -2.48. The monoisotopic (exact) mass is 282 g/mol. The van der Waals surface area contributed by atoms with Gasteiger partial charge in [0.15, 0.2) is 5.69 Å². The zero-order chi connectivity index (χ0) is 14.2. The van der Waals surface area contributed by atoms with Crippen LogP contribution in [0, 0.1) is 17.0 Å². The first-order chi connectivity index (χ1) is 8.91. The van der Waals surface area contributed by atoms with Crippen LogP contribution in [0.4, 0.5) is 5.69 Å². The maximum absolute atomic E-state index is 10.9. The molecule has 98 valence electrons. The second kappa shape index (κ2) is 4.65. The Kier molecular flexibility index (Phi) is 3.17. The lowest BCUT2D eigenvalue weighted by molar-refractivity contribution is -0.384. The Labute approximate surface area is 111 Å². The van der Waals surface area contributed by atoms with Crippen molar-refractivity contribution in [1.82, 2.24) is 15.0 Å². The molecule has 0 fully saturated rings. The lowest BCUT2D eigenvalue weighted by Gasteiger charge is -2.03. The molecule has 1 aromatic heterocycles. The maximum Gasteiger partial charge on any atom is 0.358 e. The summed E-state index contributed by atoms with van der Waals surface area (Å²) in [6.07, 6.45) is 0. The molecule has 0 aliphatic carbocycles. The van der Waals surface area contributed by atoms with Crippen molar-refractivity contribution < 1.29 is 14.8 Å². The Balaban J connectivity index is 2.57. The number of aromatic carboxylic acids is 1. The fraction of sp³-hybridized carbons (Fsp3) is 0.100. The number of carboxylic acids is 1. The van der Waals surface area contributed by atoms with Crippen LogP contribution in [0.2, 0.25) is 5.02 Å². The molecule has 0 saturated carbocycles. The molecule has 0 radical (unpaired) electrons. The molecule has 0 spiro atoms. The zero-order valence-electron chi connectivity index (χ0n) is 9.57. The van der Waals surface area contributed by atoms with Crippen molar-refractivity contribution in [3.63, 3.8) is 0 Å². The molecule has 1 N–H and O–H groups in total. The Morgan fingerprint density at radius 3 is 2.74 bits per heavy atom. The summed E-state index contributed by atoms with van der Waals surface area (Å²) >= 11 is 5.69. The molecule has 0 bridgehead atoms. The van der Waals surface area contributed by atoms with Gasteiger partial charge in [-0.05, 0) is 19.1 Å². The van der Waals surface area contributed by atoms with Crippen molar-refractivity contribution in [2.45, 2.75) is 6.92 Å². The van der Waals surface area contributed by atoms with Crippen molar-refractivity contribution in [1.29, 1.82) is 0 Å². The summed E-state index contributed by atoms with van der Waals surface area (Å²) in [5.41, 5.74) is 0.0845. The molecule has 0 aliphatic heterocycles. The normalized spacial score (nSPS) is 10.4. The quantitative estimate of drug-likeness (QED) is 0.679. The number of halogens is 1. The molecule has 19 heavy (non-hydrogen) atoms. The van der Waals surface area contributed by atoms with Crippen LogP contribution in [0.5, 0.6) is 0 Å². The molecule has 0 amide bonds. The van der Waals surface area contributed by atoms with Gasteiger partial charge in [-0.3, -0.25) is 10.1 Å². The molecule has 9 heteroatoms. The van der Waals surface area contributed by atoms with E-state index in [4.69, 9.17) is 16.7 Å². The van der Waals surface area contributed by atoms with Crippen molar-refractivity contribution in [3.05, 3.63) is 44.7 Å². The molecule has 8 nitrogen and oxygen atoms in total. The molecule has 0 saturated heterocycles. The van der Waals surface area contributed by atoms with Crippen molar-refractivity contribution >= 4 is 23.3 Å². The van der Waals surface area contributed by atoms with Crippen LogP contribution in [0.1, 0.15) is 16.2 Å². The van der Waals surface area contributed by atoms with Gasteiger partial charge < -0.3 is 5.11 Å². The standard InChI is InChI=1S/C10H7ClN4O4/c1-5-9(10(16)17)12-13-14(5)6-2-3-7(11)8(4-6)15(18)19/h2-4H,1H3,(H,16,17). The first-order valence-electron chi connectivity index (χ1n) is 5.01. The zero-order valence-corrected chi connectivity index (χ0v) is 10.3. The van der Waals surface area contributed by atoms with Gasteiger partial charge in [0, 0.05) is 6.07 Å². The predicted octanol–water partition coefficient (Wildman–Crippen LogP) is 1.84. The second-order valence-corrected chi connectivity index (χ2v) is 4.04. The smallest absolute Gasteiger partial charge is 0.358 e. The van der Waals surface area contributed by atoms with Crippen molar-refractivity contribution in [2.75, 3.05) is 0 Å². The number of nitro benzene ring substituents is 1. The van der Waals surface area contributed by atoms with E-state index in [0.29, 0.717) is 5.69 Å².